The van der Waals surface area contributed by atoms with Crippen molar-refractivity contribution in [2.45, 2.75) is 65.5 Å². The maximum atomic E-state index is 5.35. The molecule has 124 valence electrons. The van der Waals surface area contributed by atoms with Gasteiger partial charge in [-0.05, 0) is 37.0 Å². The van der Waals surface area contributed by atoms with Gasteiger partial charge in [0.1, 0.15) is 0 Å². The normalized spacial score (nSPS) is 26.3. The predicted octanol–water partition coefficient (Wildman–Crippen LogP) is 3.29. The van der Waals surface area contributed by atoms with Gasteiger partial charge >= 0.3 is 0 Å². The van der Waals surface area contributed by atoms with Gasteiger partial charge in [0.15, 0.2) is 11.7 Å². The summed E-state index contributed by atoms with van der Waals surface area (Å²) in [5, 5.41) is 10.9. The van der Waals surface area contributed by atoms with Crippen LogP contribution in [0.4, 0.5) is 0 Å². The minimum absolute atomic E-state index is 0.389. The van der Waals surface area contributed by atoms with Crippen molar-refractivity contribution in [3.05, 3.63) is 17.5 Å². The number of nitrogens with zero attached hydrogens (tertiary/aromatic N) is 2. The quantitative estimate of drug-likeness (QED) is 0.662. The van der Waals surface area contributed by atoms with E-state index in [1.165, 1.54) is 19.3 Å². The zero-order valence-electron chi connectivity index (χ0n) is 14.5. The fraction of sp³-hybridized carbons (Fsp3) is 0.765. The number of aromatic nitrogens is 1. The molecule has 1 saturated carbocycles. The molecule has 0 aliphatic heterocycles. The molecule has 0 amide bonds. The molecule has 2 atom stereocenters. The molecule has 2 rings (SSSR count). The summed E-state index contributed by atoms with van der Waals surface area (Å²) < 4.78 is 5.35. The van der Waals surface area contributed by atoms with Crippen molar-refractivity contribution in [3.8, 4) is 0 Å². The van der Waals surface area contributed by atoms with Crippen LogP contribution in [0.3, 0.4) is 0 Å². The van der Waals surface area contributed by atoms with E-state index in [0.29, 0.717) is 18.5 Å². The maximum Gasteiger partial charge on any atom is 0.191 e. The Morgan fingerprint density at radius 2 is 2.00 bits per heavy atom. The lowest BCUT2D eigenvalue weighted by molar-refractivity contribution is 0.255. The molecule has 5 nitrogen and oxygen atoms in total. The molecule has 1 aliphatic rings. The minimum Gasteiger partial charge on any atom is -0.359 e. The summed E-state index contributed by atoms with van der Waals surface area (Å²) in [5.41, 5.74) is 0.995. The monoisotopic (exact) mass is 306 g/mol. The smallest absolute Gasteiger partial charge is 0.191 e. The van der Waals surface area contributed by atoms with E-state index in [1.54, 1.807) is 0 Å². The molecule has 1 fully saturated rings. The van der Waals surface area contributed by atoms with E-state index in [9.17, 15) is 0 Å². The van der Waals surface area contributed by atoms with E-state index < -0.39 is 0 Å². The molecule has 1 aliphatic carbocycles. The van der Waals surface area contributed by atoms with Gasteiger partial charge < -0.3 is 15.2 Å². The third kappa shape index (κ3) is 4.75. The molecule has 0 saturated heterocycles. The highest BCUT2D eigenvalue weighted by Crippen LogP contribution is 2.28. The van der Waals surface area contributed by atoms with Crippen LogP contribution in [-0.2, 0) is 6.54 Å². The van der Waals surface area contributed by atoms with Crippen molar-refractivity contribution < 1.29 is 4.52 Å². The third-order valence-electron chi connectivity index (χ3n) is 4.34. The van der Waals surface area contributed by atoms with Gasteiger partial charge in [-0.25, -0.2) is 0 Å². The van der Waals surface area contributed by atoms with Gasteiger partial charge in [0.05, 0.1) is 12.2 Å². The van der Waals surface area contributed by atoms with Crippen LogP contribution in [0.5, 0.6) is 0 Å². The Morgan fingerprint density at radius 3 is 2.55 bits per heavy atom. The average Bonchev–Trinajstić information content (AvgIpc) is 2.91. The van der Waals surface area contributed by atoms with Crippen molar-refractivity contribution in [1.29, 1.82) is 0 Å². The van der Waals surface area contributed by atoms with Gasteiger partial charge in [-0.1, -0.05) is 32.9 Å². The van der Waals surface area contributed by atoms with Crippen LogP contribution >= 0.6 is 0 Å². The predicted molar refractivity (Wildman–Crippen MR) is 89.9 cm³/mol. The maximum absolute atomic E-state index is 5.35. The summed E-state index contributed by atoms with van der Waals surface area (Å²) in [5.74, 6) is 3.63. The fourth-order valence-corrected chi connectivity index (χ4v) is 3.31. The molecular formula is C17H30N4O. The second kappa shape index (κ2) is 7.65. The Hall–Kier alpha value is -1.52. The Bertz CT molecular complexity index is 485. The molecule has 1 heterocycles. The van der Waals surface area contributed by atoms with Gasteiger partial charge in [0.2, 0.25) is 0 Å². The summed E-state index contributed by atoms with van der Waals surface area (Å²) in [6.45, 7) is 9.50. The average molecular weight is 306 g/mol. The van der Waals surface area contributed by atoms with Gasteiger partial charge in [-0.2, -0.15) is 0 Å². The Kier molecular flexibility index (Phi) is 5.86. The first-order chi connectivity index (χ1) is 10.5. The van der Waals surface area contributed by atoms with E-state index in [2.05, 4.69) is 48.5 Å². The second-order valence-corrected chi connectivity index (χ2v) is 7.06. The highest BCUT2D eigenvalue weighted by atomic mass is 16.5. The number of nitrogens with one attached hydrogen (secondary N) is 2. The number of hydrogen-bond donors (Lipinski definition) is 2. The van der Waals surface area contributed by atoms with E-state index in [1.807, 2.05) is 13.1 Å². The molecule has 0 bridgehead atoms. The summed E-state index contributed by atoms with van der Waals surface area (Å²) in [6.07, 6.45) is 3.76. The molecule has 0 radical (unpaired) electrons. The zero-order chi connectivity index (χ0) is 16.1. The highest BCUT2D eigenvalue weighted by molar-refractivity contribution is 5.79. The molecule has 0 aromatic carbocycles. The van der Waals surface area contributed by atoms with Crippen molar-refractivity contribution in [2.75, 3.05) is 7.05 Å². The fourth-order valence-electron chi connectivity index (χ4n) is 3.31. The van der Waals surface area contributed by atoms with Crippen LogP contribution in [0.1, 0.15) is 64.3 Å². The Morgan fingerprint density at radius 1 is 1.32 bits per heavy atom. The molecule has 5 heteroatoms. The lowest BCUT2D eigenvalue weighted by Crippen LogP contribution is -2.45. The summed E-state index contributed by atoms with van der Waals surface area (Å²) in [4.78, 5) is 4.32. The van der Waals surface area contributed by atoms with Crippen molar-refractivity contribution in [2.24, 2.45) is 16.8 Å². The topological polar surface area (TPSA) is 62.5 Å². The van der Waals surface area contributed by atoms with Crippen molar-refractivity contribution in [3.63, 3.8) is 0 Å². The minimum atomic E-state index is 0.389. The van der Waals surface area contributed by atoms with Gasteiger partial charge in [0, 0.05) is 19.2 Å². The van der Waals surface area contributed by atoms with Crippen LogP contribution < -0.4 is 10.6 Å². The molecule has 0 spiro atoms. The third-order valence-corrected chi connectivity index (χ3v) is 4.34. The number of hydrogen-bond acceptors (Lipinski definition) is 3. The first-order valence-corrected chi connectivity index (χ1v) is 8.40. The molecule has 1 aromatic rings. The van der Waals surface area contributed by atoms with Gasteiger partial charge in [-0.15, -0.1) is 0 Å². The Balaban J connectivity index is 1.84. The van der Waals surface area contributed by atoms with Crippen LogP contribution in [0.25, 0.3) is 0 Å². The molecular weight excluding hydrogens is 276 g/mol. The van der Waals surface area contributed by atoms with Crippen LogP contribution in [0.2, 0.25) is 0 Å². The van der Waals surface area contributed by atoms with Crippen LogP contribution in [0.15, 0.2) is 15.6 Å². The van der Waals surface area contributed by atoms with E-state index in [0.717, 1.165) is 29.2 Å². The highest BCUT2D eigenvalue weighted by Gasteiger charge is 2.24. The lowest BCUT2D eigenvalue weighted by atomic mass is 9.80. The largest absolute Gasteiger partial charge is 0.359 e. The summed E-state index contributed by atoms with van der Waals surface area (Å²) in [6, 6.07) is 2.52. The van der Waals surface area contributed by atoms with Crippen LogP contribution in [-0.4, -0.2) is 24.2 Å². The summed E-state index contributed by atoms with van der Waals surface area (Å²) >= 11 is 0. The second-order valence-electron chi connectivity index (χ2n) is 7.06. The van der Waals surface area contributed by atoms with Gasteiger partial charge in [0.25, 0.3) is 0 Å². The number of rotatable bonds is 4. The SMILES string of the molecule is CN=C(NCc1cc(C(C)C)no1)NC1CC(C)CC(C)C1. The molecule has 2 N–H and O–H groups in total. The van der Waals surface area contributed by atoms with E-state index in [-0.39, 0.29) is 0 Å². The molecule has 22 heavy (non-hydrogen) atoms. The van der Waals surface area contributed by atoms with Crippen LogP contribution in [0, 0.1) is 11.8 Å². The van der Waals surface area contributed by atoms with Crippen molar-refractivity contribution >= 4 is 5.96 Å². The molecule has 1 aromatic heterocycles. The standard InChI is InChI=1S/C17H30N4O/c1-11(2)16-9-15(22-21-16)10-19-17(18-5)20-14-7-12(3)6-13(4)8-14/h9,11-14H,6-8,10H2,1-5H3,(H2,18,19,20). The number of aliphatic imine (C=N–C) groups is 1. The number of guanidine groups is 1. The lowest BCUT2D eigenvalue weighted by Gasteiger charge is -2.32. The first kappa shape index (κ1) is 16.8. The zero-order valence-corrected chi connectivity index (χ0v) is 14.5. The molecule has 2 unspecified atom stereocenters. The van der Waals surface area contributed by atoms with Crippen molar-refractivity contribution in [1.82, 2.24) is 15.8 Å². The van der Waals surface area contributed by atoms with E-state index >= 15 is 0 Å². The Labute approximate surface area is 133 Å². The summed E-state index contributed by atoms with van der Waals surface area (Å²) in [7, 11) is 1.81. The first-order valence-electron chi connectivity index (χ1n) is 8.40. The van der Waals surface area contributed by atoms with Gasteiger partial charge in [-0.3, -0.25) is 4.99 Å². The van der Waals surface area contributed by atoms with E-state index in [4.69, 9.17) is 4.52 Å².